The molecule has 0 aromatic heterocycles. The fourth-order valence-electron chi connectivity index (χ4n) is 2.34. The standard InChI is InChI=1S/C14H15ClFNO2/c1-17(9-5-7-10(18)8-6-9)14(19)11-3-2-4-12(15)13(11)16/h2-4,9H,5-8H2,1H3. The highest BCUT2D eigenvalue weighted by molar-refractivity contribution is 6.31. The van der Waals surface area contributed by atoms with Gasteiger partial charge in [0.25, 0.3) is 5.91 Å². The van der Waals surface area contributed by atoms with Gasteiger partial charge in [0.1, 0.15) is 5.78 Å². The first kappa shape index (κ1) is 14.0. The molecule has 0 spiro atoms. The van der Waals surface area contributed by atoms with Crippen LogP contribution in [-0.2, 0) is 4.79 Å². The molecular weight excluding hydrogens is 269 g/mol. The Hall–Kier alpha value is -1.42. The summed E-state index contributed by atoms with van der Waals surface area (Å²) in [7, 11) is 1.64. The molecule has 0 aliphatic heterocycles. The summed E-state index contributed by atoms with van der Waals surface area (Å²) < 4.78 is 13.8. The van der Waals surface area contributed by atoms with Crippen molar-refractivity contribution in [2.75, 3.05) is 7.05 Å². The van der Waals surface area contributed by atoms with E-state index < -0.39 is 5.82 Å². The summed E-state index contributed by atoms with van der Waals surface area (Å²) in [4.78, 5) is 24.9. The van der Waals surface area contributed by atoms with E-state index in [0.29, 0.717) is 25.7 Å². The highest BCUT2D eigenvalue weighted by atomic mass is 35.5. The van der Waals surface area contributed by atoms with E-state index in [0.717, 1.165) is 0 Å². The fraction of sp³-hybridized carbons (Fsp3) is 0.429. The number of ketones is 1. The Morgan fingerprint density at radius 1 is 1.37 bits per heavy atom. The third-order valence-electron chi connectivity index (χ3n) is 3.56. The van der Waals surface area contributed by atoms with Gasteiger partial charge in [-0.1, -0.05) is 17.7 Å². The van der Waals surface area contributed by atoms with Crippen LogP contribution in [0.4, 0.5) is 4.39 Å². The quantitative estimate of drug-likeness (QED) is 0.836. The van der Waals surface area contributed by atoms with Crippen molar-refractivity contribution in [3.05, 3.63) is 34.6 Å². The average Bonchev–Trinajstić information content (AvgIpc) is 2.41. The van der Waals surface area contributed by atoms with Gasteiger partial charge >= 0.3 is 0 Å². The van der Waals surface area contributed by atoms with Gasteiger partial charge in [0.2, 0.25) is 0 Å². The highest BCUT2D eigenvalue weighted by Crippen LogP contribution is 2.23. The van der Waals surface area contributed by atoms with Crippen LogP contribution < -0.4 is 0 Å². The molecule has 1 aromatic carbocycles. The van der Waals surface area contributed by atoms with Gasteiger partial charge in [-0.05, 0) is 25.0 Å². The number of Topliss-reactive ketones (excluding diaryl/α,β-unsaturated/α-hetero) is 1. The number of nitrogens with zero attached hydrogens (tertiary/aromatic N) is 1. The Labute approximate surface area is 116 Å². The molecule has 1 aromatic rings. The first-order chi connectivity index (χ1) is 9.00. The predicted molar refractivity (Wildman–Crippen MR) is 70.8 cm³/mol. The van der Waals surface area contributed by atoms with E-state index in [2.05, 4.69) is 0 Å². The number of amides is 1. The summed E-state index contributed by atoms with van der Waals surface area (Å²) in [5.41, 5.74) is -0.0214. The number of carbonyl (C=O) groups is 2. The Morgan fingerprint density at radius 3 is 2.63 bits per heavy atom. The minimum absolute atomic E-state index is 0.0106. The summed E-state index contributed by atoms with van der Waals surface area (Å²) in [6.07, 6.45) is 2.26. The normalized spacial score (nSPS) is 16.5. The van der Waals surface area contributed by atoms with Crippen LogP contribution in [0.3, 0.4) is 0 Å². The van der Waals surface area contributed by atoms with Crippen molar-refractivity contribution in [2.45, 2.75) is 31.7 Å². The van der Waals surface area contributed by atoms with Gasteiger partial charge in [-0.15, -0.1) is 0 Å². The topological polar surface area (TPSA) is 37.4 Å². The molecule has 5 heteroatoms. The number of halogens is 2. The molecule has 102 valence electrons. The second kappa shape index (κ2) is 5.70. The summed E-state index contributed by atoms with van der Waals surface area (Å²) in [6.45, 7) is 0. The monoisotopic (exact) mass is 283 g/mol. The van der Waals surface area contributed by atoms with Gasteiger partial charge in [-0.2, -0.15) is 0 Å². The lowest BCUT2D eigenvalue weighted by molar-refractivity contribution is -0.121. The molecule has 0 radical (unpaired) electrons. The fourth-order valence-corrected chi connectivity index (χ4v) is 2.51. The molecule has 1 aliphatic rings. The lowest BCUT2D eigenvalue weighted by atomic mass is 9.93. The van der Waals surface area contributed by atoms with Gasteiger partial charge in [0.05, 0.1) is 10.6 Å². The second-order valence-electron chi connectivity index (χ2n) is 4.79. The van der Waals surface area contributed by atoms with Gasteiger partial charge in [0.15, 0.2) is 5.82 Å². The zero-order valence-corrected chi connectivity index (χ0v) is 11.4. The number of carbonyl (C=O) groups excluding carboxylic acids is 2. The first-order valence-corrected chi connectivity index (χ1v) is 6.61. The molecule has 19 heavy (non-hydrogen) atoms. The Balaban J connectivity index is 2.15. The van der Waals surface area contributed by atoms with Crippen molar-refractivity contribution < 1.29 is 14.0 Å². The molecule has 0 bridgehead atoms. The Bertz CT molecular complexity index is 508. The molecule has 1 aliphatic carbocycles. The maximum Gasteiger partial charge on any atom is 0.256 e. The van der Waals surface area contributed by atoms with E-state index in [-0.39, 0.29) is 28.3 Å². The Morgan fingerprint density at radius 2 is 2.00 bits per heavy atom. The summed E-state index contributed by atoms with van der Waals surface area (Å²) in [6, 6.07) is 4.38. The molecule has 3 nitrogen and oxygen atoms in total. The van der Waals surface area contributed by atoms with Crippen molar-refractivity contribution in [1.82, 2.24) is 4.90 Å². The summed E-state index contributed by atoms with van der Waals surface area (Å²) >= 11 is 5.68. The molecule has 1 fully saturated rings. The van der Waals surface area contributed by atoms with Gasteiger partial charge in [0, 0.05) is 25.9 Å². The highest BCUT2D eigenvalue weighted by Gasteiger charge is 2.27. The van der Waals surface area contributed by atoms with E-state index in [1.54, 1.807) is 13.1 Å². The molecule has 0 atom stereocenters. The van der Waals surface area contributed by atoms with E-state index in [1.165, 1.54) is 17.0 Å². The number of hydrogen-bond donors (Lipinski definition) is 0. The molecule has 1 amide bonds. The maximum absolute atomic E-state index is 13.8. The van der Waals surface area contributed by atoms with Crippen molar-refractivity contribution in [1.29, 1.82) is 0 Å². The van der Waals surface area contributed by atoms with Crippen LogP contribution in [0.15, 0.2) is 18.2 Å². The van der Waals surface area contributed by atoms with Crippen LogP contribution >= 0.6 is 11.6 Å². The van der Waals surface area contributed by atoms with Crippen molar-refractivity contribution >= 4 is 23.3 Å². The first-order valence-electron chi connectivity index (χ1n) is 6.23. The summed E-state index contributed by atoms with van der Waals surface area (Å²) in [5.74, 6) is -0.849. The SMILES string of the molecule is CN(C(=O)c1cccc(Cl)c1F)C1CCC(=O)CC1. The second-order valence-corrected chi connectivity index (χ2v) is 5.19. The lowest BCUT2D eigenvalue weighted by Crippen LogP contribution is -2.39. The zero-order valence-electron chi connectivity index (χ0n) is 10.7. The minimum atomic E-state index is -0.687. The average molecular weight is 284 g/mol. The van der Waals surface area contributed by atoms with E-state index in [4.69, 9.17) is 11.6 Å². The van der Waals surface area contributed by atoms with Gasteiger partial charge < -0.3 is 4.90 Å². The minimum Gasteiger partial charge on any atom is -0.339 e. The van der Waals surface area contributed by atoms with Crippen LogP contribution in [0.25, 0.3) is 0 Å². The molecule has 0 N–H and O–H groups in total. The summed E-state index contributed by atoms with van der Waals surface area (Å²) in [5, 5.41) is -0.0573. The molecule has 0 heterocycles. The van der Waals surface area contributed by atoms with E-state index >= 15 is 0 Å². The van der Waals surface area contributed by atoms with E-state index in [9.17, 15) is 14.0 Å². The van der Waals surface area contributed by atoms with Crippen LogP contribution in [0.1, 0.15) is 36.0 Å². The van der Waals surface area contributed by atoms with Crippen molar-refractivity contribution in [3.63, 3.8) is 0 Å². The molecule has 1 saturated carbocycles. The van der Waals surface area contributed by atoms with Gasteiger partial charge in [-0.25, -0.2) is 4.39 Å². The van der Waals surface area contributed by atoms with Crippen molar-refractivity contribution in [2.24, 2.45) is 0 Å². The third kappa shape index (κ3) is 2.95. The number of hydrogen-bond acceptors (Lipinski definition) is 2. The van der Waals surface area contributed by atoms with Gasteiger partial charge in [-0.3, -0.25) is 9.59 Å². The zero-order chi connectivity index (χ0) is 14.0. The number of benzene rings is 1. The van der Waals surface area contributed by atoms with Crippen LogP contribution in [0.2, 0.25) is 5.02 Å². The predicted octanol–water partition coefficient (Wildman–Crippen LogP) is 3.06. The van der Waals surface area contributed by atoms with E-state index in [1.807, 2.05) is 0 Å². The van der Waals surface area contributed by atoms with Crippen LogP contribution in [0.5, 0.6) is 0 Å². The smallest absolute Gasteiger partial charge is 0.256 e. The van der Waals surface area contributed by atoms with Crippen LogP contribution in [-0.4, -0.2) is 29.7 Å². The number of rotatable bonds is 2. The molecule has 2 rings (SSSR count). The molecule has 0 saturated heterocycles. The molecule has 0 unspecified atom stereocenters. The maximum atomic E-state index is 13.8. The van der Waals surface area contributed by atoms with Crippen molar-refractivity contribution in [3.8, 4) is 0 Å². The lowest BCUT2D eigenvalue weighted by Gasteiger charge is -2.30. The Kier molecular flexibility index (Phi) is 4.20. The molecular formula is C14H15ClFNO2. The van der Waals surface area contributed by atoms with Crippen LogP contribution in [0, 0.1) is 5.82 Å². The third-order valence-corrected chi connectivity index (χ3v) is 3.85. The largest absolute Gasteiger partial charge is 0.339 e.